The number of amides is 2. The molecule has 5 nitrogen and oxygen atoms in total. The number of hydrogen-bond donors (Lipinski definition) is 1. The van der Waals surface area contributed by atoms with Gasteiger partial charge >= 0.3 is 12.1 Å². The van der Waals surface area contributed by atoms with E-state index in [-0.39, 0.29) is 18.9 Å². The zero-order chi connectivity index (χ0) is 15.5. The molecule has 1 N–H and O–H groups in total. The van der Waals surface area contributed by atoms with Gasteiger partial charge in [0.05, 0.1) is 0 Å². The summed E-state index contributed by atoms with van der Waals surface area (Å²) in [6.07, 6.45) is -2.57. The molecule has 2 aliphatic heterocycles. The number of hydrogen-bond acceptors (Lipinski definition) is 3. The predicted molar refractivity (Wildman–Crippen MR) is 67.3 cm³/mol. The van der Waals surface area contributed by atoms with Crippen LogP contribution in [0.4, 0.5) is 13.2 Å². The van der Waals surface area contributed by atoms with Gasteiger partial charge in [-0.25, -0.2) is 0 Å². The zero-order valence-electron chi connectivity index (χ0n) is 11.6. The minimum atomic E-state index is -4.93. The number of rotatable bonds is 3. The van der Waals surface area contributed by atoms with Gasteiger partial charge in [0, 0.05) is 26.3 Å². The van der Waals surface area contributed by atoms with Crippen molar-refractivity contribution in [3.05, 3.63) is 0 Å². The lowest BCUT2D eigenvalue weighted by atomic mass is 10.0. The van der Waals surface area contributed by atoms with Gasteiger partial charge in [0.2, 0.25) is 5.91 Å². The number of nitrogens with zero attached hydrogens (tertiary/aromatic N) is 1. The van der Waals surface area contributed by atoms with Gasteiger partial charge in [0.1, 0.15) is 6.04 Å². The highest BCUT2D eigenvalue weighted by atomic mass is 19.4. The van der Waals surface area contributed by atoms with E-state index in [0.29, 0.717) is 31.1 Å². The fraction of sp³-hybridized carbons (Fsp3) is 0.846. The molecular weight excluding hydrogens is 289 g/mol. The molecule has 0 aromatic heterocycles. The van der Waals surface area contributed by atoms with Crippen LogP contribution in [0.5, 0.6) is 0 Å². The Morgan fingerprint density at radius 1 is 1.19 bits per heavy atom. The Bertz CT molecular complexity index is 395. The highest BCUT2D eigenvalue weighted by Gasteiger charge is 2.47. The van der Waals surface area contributed by atoms with Gasteiger partial charge in [-0.15, -0.1) is 0 Å². The van der Waals surface area contributed by atoms with Crippen LogP contribution in [0.25, 0.3) is 0 Å². The van der Waals surface area contributed by atoms with Gasteiger partial charge < -0.3 is 15.0 Å². The van der Waals surface area contributed by atoms with Crippen molar-refractivity contribution in [2.75, 3.05) is 26.3 Å². The predicted octanol–water partition coefficient (Wildman–Crippen LogP) is 1.08. The summed E-state index contributed by atoms with van der Waals surface area (Å²) in [5, 5.41) is 2.67. The van der Waals surface area contributed by atoms with Crippen LogP contribution in [-0.2, 0) is 14.3 Å². The summed E-state index contributed by atoms with van der Waals surface area (Å²) in [7, 11) is 0. The molecule has 2 rings (SSSR count). The molecule has 21 heavy (non-hydrogen) atoms. The van der Waals surface area contributed by atoms with Gasteiger partial charge in [0.15, 0.2) is 0 Å². The largest absolute Gasteiger partial charge is 0.471 e. The first-order chi connectivity index (χ1) is 9.89. The van der Waals surface area contributed by atoms with Crippen LogP contribution in [-0.4, -0.2) is 55.2 Å². The molecule has 0 radical (unpaired) electrons. The Morgan fingerprint density at radius 3 is 2.48 bits per heavy atom. The molecule has 0 aliphatic carbocycles. The Morgan fingerprint density at radius 2 is 1.86 bits per heavy atom. The molecule has 2 saturated heterocycles. The second-order valence-corrected chi connectivity index (χ2v) is 5.46. The lowest BCUT2D eigenvalue weighted by Crippen LogP contribution is -2.50. The third-order valence-corrected chi connectivity index (χ3v) is 3.96. The standard InChI is InChI=1S/C13H19F3N2O3/c14-13(15,16)12(20)18-5-1-2-10(18)11(19)17-8-9-3-6-21-7-4-9/h9-10H,1-8H2,(H,17,19). The Labute approximate surface area is 120 Å². The average Bonchev–Trinajstić information content (AvgIpc) is 2.93. The molecule has 8 heteroatoms. The van der Waals surface area contributed by atoms with Gasteiger partial charge in [-0.3, -0.25) is 9.59 Å². The van der Waals surface area contributed by atoms with E-state index in [0.717, 1.165) is 12.8 Å². The van der Waals surface area contributed by atoms with Crippen molar-refractivity contribution >= 4 is 11.8 Å². The Hall–Kier alpha value is -1.31. The molecule has 2 amide bonds. The van der Waals surface area contributed by atoms with Crippen LogP contribution in [0.3, 0.4) is 0 Å². The third-order valence-electron chi connectivity index (χ3n) is 3.96. The maximum atomic E-state index is 12.5. The van der Waals surface area contributed by atoms with Crippen molar-refractivity contribution in [3.63, 3.8) is 0 Å². The average molecular weight is 308 g/mol. The first-order valence-electron chi connectivity index (χ1n) is 7.13. The summed E-state index contributed by atoms with van der Waals surface area (Å²) < 4.78 is 42.6. The second kappa shape index (κ2) is 6.64. The molecule has 0 bridgehead atoms. The molecule has 2 heterocycles. The van der Waals surface area contributed by atoms with E-state index in [9.17, 15) is 22.8 Å². The summed E-state index contributed by atoms with van der Waals surface area (Å²) >= 11 is 0. The van der Waals surface area contributed by atoms with E-state index in [4.69, 9.17) is 4.74 Å². The second-order valence-electron chi connectivity index (χ2n) is 5.46. The topological polar surface area (TPSA) is 58.6 Å². The maximum absolute atomic E-state index is 12.5. The first-order valence-corrected chi connectivity index (χ1v) is 7.13. The van der Waals surface area contributed by atoms with Crippen LogP contribution in [0, 0.1) is 5.92 Å². The van der Waals surface area contributed by atoms with Crippen LogP contribution in [0.2, 0.25) is 0 Å². The van der Waals surface area contributed by atoms with E-state index in [1.54, 1.807) is 0 Å². The van der Waals surface area contributed by atoms with E-state index >= 15 is 0 Å². The minimum absolute atomic E-state index is 0.0201. The minimum Gasteiger partial charge on any atom is -0.381 e. The van der Waals surface area contributed by atoms with Crippen molar-refractivity contribution in [2.24, 2.45) is 5.92 Å². The first kappa shape index (κ1) is 16.1. The zero-order valence-corrected chi connectivity index (χ0v) is 11.6. The molecule has 0 aromatic rings. The van der Waals surface area contributed by atoms with E-state index in [1.807, 2.05) is 0 Å². The number of halogens is 3. The highest BCUT2D eigenvalue weighted by Crippen LogP contribution is 2.25. The van der Waals surface area contributed by atoms with Crippen molar-refractivity contribution in [2.45, 2.75) is 37.9 Å². The lowest BCUT2D eigenvalue weighted by molar-refractivity contribution is -0.186. The summed E-state index contributed by atoms with van der Waals surface area (Å²) in [5.74, 6) is -2.13. The van der Waals surface area contributed by atoms with Gasteiger partial charge in [-0.2, -0.15) is 13.2 Å². The Kier molecular flexibility index (Phi) is 5.08. The molecule has 0 saturated carbocycles. The van der Waals surface area contributed by atoms with Gasteiger partial charge in [-0.05, 0) is 31.6 Å². The summed E-state index contributed by atoms with van der Waals surface area (Å²) in [6.45, 7) is 1.69. The normalized spacial score (nSPS) is 24.1. The number of carbonyl (C=O) groups is 2. The van der Waals surface area contributed by atoms with E-state index in [1.165, 1.54) is 0 Å². The van der Waals surface area contributed by atoms with Crippen molar-refractivity contribution < 1.29 is 27.5 Å². The highest BCUT2D eigenvalue weighted by molar-refractivity contribution is 5.90. The smallest absolute Gasteiger partial charge is 0.381 e. The van der Waals surface area contributed by atoms with E-state index in [2.05, 4.69) is 5.32 Å². The molecule has 0 spiro atoms. The summed E-state index contributed by atoms with van der Waals surface area (Å²) in [5.41, 5.74) is 0. The summed E-state index contributed by atoms with van der Waals surface area (Å²) in [4.78, 5) is 24.0. The molecule has 2 aliphatic rings. The van der Waals surface area contributed by atoms with Gasteiger partial charge in [-0.1, -0.05) is 0 Å². The fourth-order valence-electron chi connectivity index (χ4n) is 2.76. The summed E-state index contributed by atoms with van der Waals surface area (Å²) in [6, 6.07) is -1.00. The molecule has 120 valence electrons. The quantitative estimate of drug-likeness (QED) is 0.849. The van der Waals surface area contributed by atoms with Crippen LogP contribution in [0.15, 0.2) is 0 Å². The molecule has 1 atom stereocenters. The maximum Gasteiger partial charge on any atom is 0.471 e. The molecule has 0 aromatic carbocycles. The monoisotopic (exact) mass is 308 g/mol. The van der Waals surface area contributed by atoms with Crippen LogP contribution in [0.1, 0.15) is 25.7 Å². The molecular formula is C13H19F3N2O3. The van der Waals surface area contributed by atoms with Gasteiger partial charge in [0.25, 0.3) is 0 Å². The van der Waals surface area contributed by atoms with Crippen molar-refractivity contribution in [3.8, 4) is 0 Å². The third kappa shape index (κ3) is 4.09. The number of alkyl halides is 3. The van der Waals surface area contributed by atoms with Crippen LogP contribution >= 0.6 is 0 Å². The molecule has 2 fully saturated rings. The number of carbonyl (C=O) groups excluding carboxylic acids is 2. The Balaban J connectivity index is 1.87. The number of ether oxygens (including phenoxy) is 1. The number of likely N-dealkylation sites (tertiary alicyclic amines) is 1. The SMILES string of the molecule is O=C(NCC1CCOCC1)C1CCCN1C(=O)C(F)(F)F. The van der Waals surface area contributed by atoms with Crippen LogP contribution < -0.4 is 5.32 Å². The van der Waals surface area contributed by atoms with Crippen molar-refractivity contribution in [1.29, 1.82) is 0 Å². The molecule has 1 unspecified atom stereocenters. The number of nitrogens with one attached hydrogen (secondary N) is 1. The van der Waals surface area contributed by atoms with Crippen molar-refractivity contribution in [1.82, 2.24) is 10.2 Å². The van der Waals surface area contributed by atoms with E-state index < -0.39 is 24.0 Å². The fourth-order valence-corrected chi connectivity index (χ4v) is 2.76. The lowest BCUT2D eigenvalue weighted by Gasteiger charge is -2.26.